The molecule has 1 aromatic carbocycles. The van der Waals surface area contributed by atoms with Crippen LogP contribution < -0.4 is 16.0 Å². The second kappa shape index (κ2) is 8.12. The SMILES string of the molecule is CN(C)c1ccc(O)c2c1CC1C[C@H]3[C@@H](NCCO)C(=O)C(C(N)=O)=C(O)[C@@]3(O)C(=O)C1=C2O. The molecule has 0 saturated heterocycles. The number of hydrogen-bond donors (Lipinski definition) is 7. The number of anilines is 1. The van der Waals surface area contributed by atoms with Crippen molar-refractivity contribution in [1.82, 2.24) is 5.32 Å². The van der Waals surface area contributed by atoms with Gasteiger partial charge in [-0.25, -0.2) is 0 Å². The number of amides is 1. The van der Waals surface area contributed by atoms with Crippen molar-refractivity contribution in [1.29, 1.82) is 0 Å². The lowest BCUT2D eigenvalue weighted by Gasteiger charge is -2.49. The number of benzene rings is 1. The summed E-state index contributed by atoms with van der Waals surface area (Å²) in [5, 5.41) is 55.8. The Balaban J connectivity index is 1.95. The molecule has 0 aliphatic heterocycles. The summed E-state index contributed by atoms with van der Waals surface area (Å²) in [7, 11) is 3.58. The Morgan fingerprint density at radius 1 is 1.24 bits per heavy atom. The van der Waals surface area contributed by atoms with Crippen LogP contribution in [0.5, 0.6) is 5.75 Å². The normalized spacial score (nSPS) is 28.4. The molecule has 4 rings (SSSR count). The number of carbonyl (C=O) groups excluding carboxylic acids is 3. The van der Waals surface area contributed by atoms with E-state index in [4.69, 9.17) is 5.73 Å². The van der Waals surface area contributed by atoms with E-state index >= 15 is 0 Å². The number of nitrogens with zero attached hydrogens (tertiary/aromatic N) is 1. The van der Waals surface area contributed by atoms with E-state index in [1.165, 1.54) is 6.07 Å². The van der Waals surface area contributed by atoms with Gasteiger partial charge in [0, 0.05) is 37.8 Å². The first kappa shape index (κ1) is 23.7. The lowest BCUT2D eigenvalue weighted by atomic mass is 9.57. The molecule has 182 valence electrons. The molecule has 8 N–H and O–H groups in total. The molecule has 3 aliphatic carbocycles. The van der Waals surface area contributed by atoms with Gasteiger partial charge in [0.05, 0.1) is 18.2 Å². The summed E-state index contributed by atoms with van der Waals surface area (Å²) in [4.78, 5) is 40.4. The fourth-order valence-corrected chi connectivity index (χ4v) is 5.53. The summed E-state index contributed by atoms with van der Waals surface area (Å²) in [5.74, 6) is -7.09. The van der Waals surface area contributed by atoms with Crippen LogP contribution in [0.1, 0.15) is 17.5 Å². The number of carbonyl (C=O) groups is 3. The summed E-state index contributed by atoms with van der Waals surface area (Å²) in [5.41, 5.74) is 2.80. The van der Waals surface area contributed by atoms with E-state index in [0.717, 1.165) is 0 Å². The smallest absolute Gasteiger partial charge is 0.255 e. The number of rotatable bonds is 5. The van der Waals surface area contributed by atoms with Crippen LogP contribution in [-0.4, -0.2) is 81.9 Å². The predicted octanol–water partition coefficient (Wildman–Crippen LogP) is -0.950. The molecule has 1 unspecified atom stereocenters. The standard InChI is InChI=1S/C23H27N3O8/c1-26(2)12-3-4-13(28)15-10(12)7-9-8-11-17(25-5-6-27)19(30)16(22(24)33)21(32)23(11,34)20(31)14(9)18(15)29/h3-4,9,11,17,25,27-29,32,34H,5-8H2,1-2H3,(H2,24,33)/t9?,11-,17+,23-/m0/s1. The second-order valence-electron chi connectivity index (χ2n) is 9.06. The molecule has 1 amide bonds. The van der Waals surface area contributed by atoms with Crippen molar-refractivity contribution in [2.24, 2.45) is 17.6 Å². The number of phenols is 1. The number of aliphatic hydroxyl groups excluding tert-OH is 3. The number of hydrogen-bond acceptors (Lipinski definition) is 10. The van der Waals surface area contributed by atoms with Crippen molar-refractivity contribution in [3.8, 4) is 5.75 Å². The van der Waals surface area contributed by atoms with Crippen LogP contribution in [0.2, 0.25) is 0 Å². The van der Waals surface area contributed by atoms with Crippen molar-refractivity contribution in [3.63, 3.8) is 0 Å². The Labute approximate surface area is 194 Å². The fourth-order valence-electron chi connectivity index (χ4n) is 5.53. The summed E-state index contributed by atoms with van der Waals surface area (Å²) >= 11 is 0. The van der Waals surface area contributed by atoms with Crippen LogP contribution in [0.25, 0.3) is 5.76 Å². The van der Waals surface area contributed by atoms with Crippen molar-refractivity contribution >= 4 is 28.9 Å². The van der Waals surface area contributed by atoms with E-state index in [-0.39, 0.29) is 42.9 Å². The molecular formula is C23H27N3O8. The highest BCUT2D eigenvalue weighted by molar-refractivity contribution is 6.24. The van der Waals surface area contributed by atoms with Crippen molar-refractivity contribution in [2.45, 2.75) is 24.5 Å². The summed E-state index contributed by atoms with van der Waals surface area (Å²) < 4.78 is 0. The van der Waals surface area contributed by atoms with Crippen LogP contribution in [0.4, 0.5) is 5.69 Å². The van der Waals surface area contributed by atoms with Gasteiger partial charge in [-0.3, -0.25) is 14.4 Å². The Hall–Kier alpha value is -3.41. The predicted molar refractivity (Wildman–Crippen MR) is 120 cm³/mol. The molecule has 1 fully saturated rings. The number of phenolic OH excluding ortho intramolecular Hbond substituents is 1. The molecule has 0 bridgehead atoms. The average Bonchev–Trinajstić information content (AvgIpc) is 2.75. The molecule has 0 spiro atoms. The first-order chi connectivity index (χ1) is 16.0. The maximum atomic E-state index is 13.7. The lowest BCUT2D eigenvalue weighted by molar-refractivity contribution is -0.150. The zero-order valence-corrected chi connectivity index (χ0v) is 18.7. The van der Waals surface area contributed by atoms with Crippen LogP contribution >= 0.6 is 0 Å². The van der Waals surface area contributed by atoms with Crippen molar-refractivity contribution in [3.05, 3.63) is 40.2 Å². The third kappa shape index (κ3) is 3.11. The van der Waals surface area contributed by atoms with Gasteiger partial charge in [0.25, 0.3) is 5.91 Å². The number of nitrogens with one attached hydrogen (secondary N) is 1. The van der Waals surface area contributed by atoms with E-state index in [0.29, 0.717) is 11.3 Å². The largest absolute Gasteiger partial charge is 0.508 e. The van der Waals surface area contributed by atoms with Gasteiger partial charge in [-0.05, 0) is 36.5 Å². The Morgan fingerprint density at radius 2 is 1.91 bits per heavy atom. The van der Waals surface area contributed by atoms with Gasteiger partial charge in [0.1, 0.15) is 22.8 Å². The van der Waals surface area contributed by atoms with Gasteiger partial charge in [0.15, 0.2) is 11.4 Å². The lowest BCUT2D eigenvalue weighted by Crippen LogP contribution is -2.66. The van der Waals surface area contributed by atoms with Gasteiger partial charge in [-0.2, -0.15) is 0 Å². The van der Waals surface area contributed by atoms with Crippen LogP contribution in [0, 0.1) is 11.8 Å². The van der Waals surface area contributed by atoms with Gasteiger partial charge < -0.3 is 41.5 Å². The molecule has 1 aromatic rings. The van der Waals surface area contributed by atoms with E-state index in [1.54, 1.807) is 25.1 Å². The maximum Gasteiger partial charge on any atom is 0.255 e. The highest BCUT2D eigenvalue weighted by atomic mass is 16.3. The van der Waals surface area contributed by atoms with Gasteiger partial charge in [-0.1, -0.05) is 0 Å². The summed E-state index contributed by atoms with van der Waals surface area (Å²) in [6.45, 7) is -0.442. The molecule has 3 aliphatic rings. The first-order valence-electron chi connectivity index (χ1n) is 10.8. The fraction of sp³-hybridized carbons (Fsp3) is 0.435. The minimum absolute atomic E-state index is 0.0193. The zero-order valence-electron chi connectivity index (χ0n) is 18.7. The highest BCUT2D eigenvalue weighted by Gasteiger charge is 2.63. The van der Waals surface area contributed by atoms with Crippen LogP contribution in [0.15, 0.2) is 29.0 Å². The molecule has 0 heterocycles. The topological polar surface area (TPSA) is 194 Å². The summed E-state index contributed by atoms with van der Waals surface area (Å²) in [6, 6.07) is 1.77. The van der Waals surface area contributed by atoms with Crippen LogP contribution in [-0.2, 0) is 20.8 Å². The number of aromatic hydroxyl groups is 1. The molecule has 0 radical (unpaired) electrons. The third-order valence-corrected chi connectivity index (χ3v) is 7.02. The average molecular weight is 473 g/mol. The first-order valence-corrected chi connectivity index (χ1v) is 10.8. The molecule has 11 nitrogen and oxygen atoms in total. The van der Waals surface area contributed by atoms with Gasteiger partial charge in [0.2, 0.25) is 5.78 Å². The Morgan fingerprint density at radius 3 is 2.50 bits per heavy atom. The monoisotopic (exact) mass is 473 g/mol. The third-order valence-electron chi connectivity index (χ3n) is 7.02. The van der Waals surface area contributed by atoms with Crippen LogP contribution in [0.3, 0.4) is 0 Å². The quantitative estimate of drug-likeness (QED) is 0.262. The number of aliphatic hydroxyl groups is 4. The molecular weight excluding hydrogens is 446 g/mol. The van der Waals surface area contributed by atoms with Crippen molar-refractivity contribution < 1.29 is 39.9 Å². The number of fused-ring (bicyclic) bond motifs is 3. The van der Waals surface area contributed by atoms with E-state index < -0.39 is 58.0 Å². The molecule has 1 saturated carbocycles. The maximum absolute atomic E-state index is 13.7. The minimum atomic E-state index is -2.71. The number of nitrogens with two attached hydrogens (primary N) is 1. The van der Waals surface area contributed by atoms with E-state index in [9.17, 15) is 39.9 Å². The van der Waals surface area contributed by atoms with E-state index in [1.807, 2.05) is 0 Å². The summed E-state index contributed by atoms with van der Waals surface area (Å²) in [6.07, 6.45) is 0.192. The molecule has 34 heavy (non-hydrogen) atoms. The zero-order chi connectivity index (χ0) is 25.1. The number of Topliss-reactive ketones (excluding diaryl/α,β-unsaturated/α-hetero) is 2. The van der Waals surface area contributed by atoms with Gasteiger partial charge >= 0.3 is 0 Å². The Bertz CT molecular complexity index is 1170. The van der Waals surface area contributed by atoms with E-state index in [2.05, 4.69) is 5.32 Å². The minimum Gasteiger partial charge on any atom is -0.508 e. The molecule has 4 atom stereocenters. The van der Waals surface area contributed by atoms with Gasteiger partial charge in [-0.15, -0.1) is 0 Å². The van der Waals surface area contributed by atoms with Crippen molar-refractivity contribution in [2.75, 3.05) is 32.1 Å². The molecule has 11 heteroatoms. The Kier molecular flexibility index (Phi) is 5.67. The second-order valence-corrected chi connectivity index (χ2v) is 9.06. The molecule has 0 aromatic heterocycles. The number of ketones is 2. The highest BCUT2D eigenvalue weighted by Crippen LogP contribution is 2.53. The number of primary amides is 1.